The van der Waals surface area contributed by atoms with Crippen LogP contribution in [0.15, 0.2) is 23.8 Å². The number of halogens is 3. The van der Waals surface area contributed by atoms with Crippen molar-refractivity contribution in [3.8, 4) is 0 Å². The highest BCUT2D eigenvalue weighted by Gasteiger charge is 2.46. The highest BCUT2D eigenvalue weighted by Crippen LogP contribution is 2.36. The molecule has 1 aliphatic carbocycles. The number of hydrogen-bond donors (Lipinski definition) is 0. The standard InChI is InChI=1S/C11H11F3O3/c1-17-9(15)3-2-6-11(14)8(13)5-4-7(12)10(11)16/h4-5H,2-3,6H2,1H3. The fraction of sp³-hybridized carbons (Fsp3) is 0.455. The molecule has 1 atom stereocenters. The summed E-state index contributed by atoms with van der Waals surface area (Å²) in [7, 11) is 1.15. The van der Waals surface area contributed by atoms with Crippen molar-refractivity contribution in [3.05, 3.63) is 23.8 Å². The van der Waals surface area contributed by atoms with Crippen molar-refractivity contribution in [1.82, 2.24) is 0 Å². The van der Waals surface area contributed by atoms with Crippen molar-refractivity contribution in [2.45, 2.75) is 24.9 Å². The number of Topliss-reactive ketones (excluding diaryl/α,β-unsaturated/α-hetero) is 1. The Balaban J connectivity index is 2.68. The average molecular weight is 248 g/mol. The van der Waals surface area contributed by atoms with E-state index in [4.69, 9.17) is 0 Å². The van der Waals surface area contributed by atoms with Gasteiger partial charge in [-0.3, -0.25) is 9.59 Å². The Morgan fingerprint density at radius 1 is 1.41 bits per heavy atom. The number of ether oxygens (including phenoxy) is 1. The summed E-state index contributed by atoms with van der Waals surface area (Å²) < 4.78 is 44.3. The third-order valence-corrected chi connectivity index (χ3v) is 2.46. The van der Waals surface area contributed by atoms with Crippen LogP contribution < -0.4 is 0 Å². The summed E-state index contributed by atoms with van der Waals surface area (Å²) in [6, 6.07) is 0. The smallest absolute Gasteiger partial charge is 0.305 e. The summed E-state index contributed by atoms with van der Waals surface area (Å²) in [4.78, 5) is 21.9. The Morgan fingerprint density at radius 2 is 2.06 bits per heavy atom. The molecular weight excluding hydrogens is 237 g/mol. The van der Waals surface area contributed by atoms with Gasteiger partial charge >= 0.3 is 5.97 Å². The van der Waals surface area contributed by atoms with Crippen molar-refractivity contribution < 1.29 is 27.5 Å². The molecule has 0 radical (unpaired) electrons. The van der Waals surface area contributed by atoms with E-state index in [0.717, 1.165) is 7.11 Å². The second kappa shape index (κ2) is 5.16. The van der Waals surface area contributed by atoms with Crippen LogP contribution in [0.3, 0.4) is 0 Å². The van der Waals surface area contributed by atoms with Crippen molar-refractivity contribution in [2.24, 2.45) is 0 Å². The molecule has 17 heavy (non-hydrogen) atoms. The summed E-state index contributed by atoms with van der Waals surface area (Å²) in [6.45, 7) is 0. The molecule has 1 rings (SSSR count). The molecule has 0 spiro atoms. The molecular formula is C11H11F3O3. The third-order valence-electron chi connectivity index (χ3n) is 2.46. The molecule has 1 unspecified atom stereocenters. The first-order valence-corrected chi connectivity index (χ1v) is 4.96. The number of allylic oxidation sites excluding steroid dienone is 4. The minimum absolute atomic E-state index is 0.108. The predicted octanol–water partition coefficient (Wildman–Crippen LogP) is 2.33. The molecule has 1 aliphatic rings. The van der Waals surface area contributed by atoms with Crippen LogP contribution in [-0.2, 0) is 14.3 Å². The molecule has 0 heterocycles. The summed E-state index contributed by atoms with van der Waals surface area (Å²) in [5.41, 5.74) is -2.99. The van der Waals surface area contributed by atoms with Crippen molar-refractivity contribution in [3.63, 3.8) is 0 Å². The van der Waals surface area contributed by atoms with Crippen molar-refractivity contribution in [2.75, 3.05) is 7.11 Å². The van der Waals surface area contributed by atoms with Gasteiger partial charge in [-0.25, -0.2) is 13.2 Å². The van der Waals surface area contributed by atoms with Gasteiger partial charge in [-0.05, 0) is 25.0 Å². The van der Waals surface area contributed by atoms with Gasteiger partial charge in [0.2, 0.25) is 11.5 Å². The highest BCUT2D eigenvalue weighted by molar-refractivity contribution is 6.03. The number of esters is 1. The maximum absolute atomic E-state index is 13.9. The minimum atomic E-state index is -2.99. The van der Waals surface area contributed by atoms with Gasteiger partial charge in [-0.1, -0.05) is 0 Å². The Morgan fingerprint density at radius 3 is 2.65 bits per heavy atom. The van der Waals surface area contributed by atoms with Gasteiger partial charge in [0.05, 0.1) is 7.11 Å². The second-order valence-corrected chi connectivity index (χ2v) is 3.59. The molecule has 0 amide bonds. The lowest BCUT2D eigenvalue weighted by Gasteiger charge is -2.23. The number of hydrogen-bond acceptors (Lipinski definition) is 3. The number of alkyl halides is 1. The molecule has 0 aromatic rings. The quantitative estimate of drug-likeness (QED) is 0.717. The van der Waals surface area contributed by atoms with Crippen LogP contribution >= 0.6 is 0 Å². The van der Waals surface area contributed by atoms with Gasteiger partial charge in [-0.2, -0.15) is 0 Å². The van der Waals surface area contributed by atoms with E-state index in [2.05, 4.69) is 4.74 Å². The molecule has 0 aliphatic heterocycles. The zero-order valence-electron chi connectivity index (χ0n) is 9.13. The molecule has 0 saturated carbocycles. The first-order valence-electron chi connectivity index (χ1n) is 4.96. The zero-order valence-corrected chi connectivity index (χ0v) is 9.13. The molecule has 0 fully saturated rings. The van der Waals surface area contributed by atoms with E-state index in [1.54, 1.807) is 0 Å². The second-order valence-electron chi connectivity index (χ2n) is 3.59. The average Bonchev–Trinajstić information content (AvgIpc) is 2.32. The van der Waals surface area contributed by atoms with E-state index in [9.17, 15) is 22.8 Å². The summed E-state index contributed by atoms with van der Waals surface area (Å²) in [5.74, 6) is -4.81. The monoisotopic (exact) mass is 248 g/mol. The normalized spacial score (nSPS) is 24.1. The Bertz CT molecular complexity index is 397. The molecule has 6 heteroatoms. The third kappa shape index (κ3) is 2.75. The van der Waals surface area contributed by atoms with E-state index in [-0.39, 0.29) is 12.8 Å². The van der Waals surface area contributed by atoms with Gasteiger partial charge in [0, 0.05) is 6.42 Å². The fourth-order valence-electron chi connectivity index (χ4n) is 1.46. The van der Waals surface area contributed by atoms with Crippen molar-refractivity contribution in [1.29, 1.82) is 0 Å². The van der Waals surface area contributed by atoms with Crippen LogP contribution in [0, 0.1) is 0 Å². The van der Waals surface area contributed by atoms with Crippen LogP contribution in [0.25, 0.3) is 0 Å². The molecule has 0 aromatic carbocycles. The first-order chi connectivity index (χ1) is 7.91. The van der Waals surface area contributed by atoms with Crippen LogP contribution in [0.5, 0.6) is 0 Å². The molecule has 0 bridgehead atoms. The topological polar surface area (TPSA) is 43.4 Å². The van der Waals surface area contributed by atoms with Crippen LogP contribution in [-0.4, -0.2) is 24.5 Å². The zero-order chi connectivity index (χ0) is 13.1. The lowest BCUT2D eigenvalue weighted by Crippen LogP contribution is -2.37. The van der Waals surface area contributed by atoms with Gasteiger partial charge in [0.15, 0.2) is 5.83 Å². The number of carbonyl (C=O) groups excluding carboxylic acids is 2. The van der Waals surface area contributed by atoms with Gasteiger partial charge in [0.25, 0.3) is 0 Å². The summed E-state index contributed by atoms with van der Waals surface area (Å²) in [5, 5.41) is 0. The highest BCUT2D eigenvalue weighted by atomic mass is 19.2. The number of methoxy groups -OCH3 is 1. The largest absolute Gasteiger partial charge is 0.469 e. The van der Waals surface area contributed by atoms with Gasteiger partial charge < -0.3 is 4.74 Å². The molecule has 0 aromatic heterocycles. The van der Waals surface area contributed by atoms with E-state index in [0.29, 0.717) is 12.2 Å². The summed E-state index contributed by atoms with van der Waals surface area (Å²) >= 11 is 0. The molecule has 3 nitrogen and oxygen atoms in total. The van der Waals surface area contributed by atoms with Crippen molar-refractivity contribution >= 4 is 11.8 Å². The maximum atomic E-state index is 13.9. The number of carbonyl (C=O) groups is 2. The first kappa shape index (κ1) is 13.5. The molecule has 0 saturated heterocycles. The van der Waals surface area contributed by atoms with E-state index in [1.165, 1.54) is 0 Å². The Hall–Kier alpha value is -1.59. The number of rotatable bonds is 4. The Kier molecular flexibility index (Phi) is 4.09. The SMILES string of the molecule is COC(=O)CCCC1(F)C(=O)C(F)=CC=C1F. The van der Waals surface area contributed by atoms with Crippen LogP contribution in [0.4, 0.5) is 13.2 Å². The molecule has 94 valence electrons. The Labute approximate surface area is 95.9 Å². The van der Waals surface area contributed by atoms with Gasteiger partial charge in [-0.15, -0.1) is 0 Å². The van der Waals surface area contributed by atoms with Crippen LogP contribution in [0.2, 0.25) is 0 Å². The fourth-order valence-corrected chi connectivity index (χ4v) is 1.46. The number of ketones is 1. The maximum Gasteiger partial charge on any atom is 0.305 e. The van der Waals surface area contributed by atoms with E-state index in [1.807, 2.05) is 0 Å². The predicted molar refractivity (Wildman–Crippen MR) is 53.1 cm³/mol. The van der Waals surface area contributed by atoms with E-state index < -0.39 is 35.5 Å². The lowest BCUT2D eigenvalue weighted by molar-refractivity contribution is -0.141. The lowest BCUT2D eigenvalue weighted by atomic mass is 9.88. The summed E-state index contributed by atoms with van der Waals surface area (Å²) in [6.07, 6.45) is 0.298. The van der Waals surface area contributed by atoms with Crippen LogP contribution in [0.1, 0.15) is 19.3 Å². The van der Waals surface area contributed by atoms with Gasteiger partial charge in [0.1, 0.15) is 5.83 Å². The minimum Gasteiger partial charge on any atom is -0.469 e. The molecule has 0 N–H and O–H groups in total. The van der Waals surface area contributed by atoms with E-state index >= 15 is 0 Å².